The second kappa shape index (κ2) is 6.82. The molecule has 16 heavy (non-hydrogen) atoms. The summed E-state index contributed by atoms with van der Waals surface area (Å²) in [6.45, 7) is 0. The normalized spacial score (nSPS) is 19.9. The van der Waals surface area contributed by atoms with Crippen LogP contribution in [0, 0.1) is 0 Å². The molecule has 0 fully saturated rings. The Kier molecular flexibility index (Phi) is 6.90. The molecule has 0 rings (SSSR count). The van der Waals surface area contributed by atoms with Crippen molar-refractivity contribution in [3.05, 3.63) is 0 Å². The van der Waals surface area contributed by atoms with Crippen LogP contribution in [0.3, 0.4) is 0 Å². The first-order chi connectivity index (χ1) is 7.34. The first-order valence-electron chi connectivity index (χ1n) is 3.12. The van der Waals surface area contributed by atoms with Crippen LogP contribution in [0.25, 0.3) is 0 Å². The van der Waals surface area contributed by atoms with E-state index in [0.717, 1.165) is 7.11 Å². The molecule has 0 amide bonds. The van der Waals surface area contributed by atoms with Gasteiger partial charge in [-0.05, 0) is 4.62 Å². The number of phosphoric acid groups is 2. The third-order valence-corrected chi connectivity index (χ3v) is 5.00. The molecule has 0 heterocycles. The first-order valence-corrected chi connectivity index (χ1v) is 7.14. The molecule has 15 heteroatoms. The summed E-state index contributed by atoms with van der Waals surface area (Å²) < 4.78 is 56.6. The molecule has 96 valence electrons. The average Bonchev–Trinajstić information content (AvgIpc) is 2.28. The number of hydrogen-bond donors (Lipinski definition) is 3. The van der Waals surface area contributed by atoms with Crippen LogP contribution >= 0.6 is 23.9 Å². The van der Waals surface area contributed by atoms with Gasteiger partial charge in [-0.1, -0.05) is 0 Å². The Morgan fingerprint density at radius 1 is 1.06 bits per heavy atom. The van der Waals surface area contributed by atoms with E-state index in [0.29, 0.717) is 0 Å². The first kappa shape index (κ1) is 16.2. The largest absolute Gasteiger partial charge is 0.727 e. The van der Waals surface area contributed by atoms with Crippen LogP contribution in [0.1, 0.15) is 0 Å². The maximum absolute atomic E-state index is 11.4. The molecule has 0 aliphatic heterocycles. The predicted octanol–water partition coefficient (Wildman–Crippen LogP) is 0.210. The molecule has 0 radical (unpaired) electrons. The van der Waals surface area contributed by atoms with Crippen LogP contribution in [0.4, 0.5) is 0 Å². The maximum atomic E-state index is 11.4. The van der Waals surface area contributed by atoms with Crippen molar-refractivity contribution in [2.75, 3.05) is 7.11 Å². The van der Waals surface area contributed by atoms with Gasteiger partial charge in [-0.15, -0.1) is 0 Å². The highest BCUT2D eigenvalue weighted by Crippen LogP contribution is 2.67. The molecule has 0 aliphatic rings. The minimum atomic E-state index is -4.73. The highest BCUT2D eigenvalue weighted by molar-refractivity contribution is 7.65. The lowest BCUT2D eigenvalue weighted by atomic mass is 11.8. The molecule has 12 nitrogen and oxygen atoms in total. The lowest BCUT2D eigenvalue weighted by molar-refractivity contribution is 0.143. The van der Waals surface area contributed by atoms with Crippen molar-refractivity contribution in [3.63, 3.8) is 0 Å². The van der Waals surface area contributed by atoms with Gasteiger partial charge in [0.05, 0.1) is 0 Å². The molecular weight excluding hydrogens is 291 g/mol. The average molecular weight is 300 g/mol. The number of hydrogen-bond acceptors (Lipinski definition) is 12. The lowest BCUT2D eigenvalue weighted by Gasteiger charge is -2.13. The molecule has 0 aromatic rings. The summed E-state index contributed by atoms with van der Waals surface area (Å²) >= 11 is 0. The molecule has 0 saturated carbocycles. The zero-order valence-corrected chi connectivity index (χ0v) is 10.4. The quantitative estimate of drug-likeness (QED) is 0.409. The van der Waals surface area contributed by atoms with E-state index in [9.17, 15) is 13.7 Å². The number of nitrogens with two attached hydrogens (primary N) is 3. The fourth-order valence-corrected chi connectivity index (χ4v) is 3.36. The van der Waals surface area contributed by atoms with Crippen LogP contribution in [-0.2, 0) is 40.7 Å². The van der Waals surface area contributed by atoms with Gasteiger partial charge in [-0.25, -0.2) is 25.5 Å². The minimum absolute atomic E-state index is 0.855. The van der Waals surface area contributed by atoms with E-state index in [4.69, 9.17) is 0 Å². The van der Waals surface area contributed by atoms with Gasteiger partial charge in [-0.2, -0.15) is 14.8 Å². The fourth-order valence-electron chi connectivity index (χ4n) is 0.372. The molecule has 0 spiro atoms. The van der Waals surface area contributed by atoms with Crippen molar-refractivity contribution in [1.29, 1.82) is 0 Å². The van der Waals surface area contributed by atoms with Gasteiger partial charge < -0.3 is 0 Å². The van der Waals surface area contributed by atoms with E-state index in [1.54, 1.807) is 0 Å². The van der Waals surface area contributed by atoms with Crippen molar-refractivity contribution in [3.8, 4) is 0 Å². The standard InChI is InChI=1S/CH9N3O9P3/c1-8-15(6,10-3)13-16(7,11-4)12-14(5)9-2/h2-4H2,1H3/q+1. The van der Waals surface area contributed by atoms with Crippen molar-refractivity contribution in [1.82, 2.24) is 0 Å². The topological polar surface area (TPSA) is 185 Å². The smallest absolute Gasteiger partial charge is 0.289 e. The molecular formula is CH9N3O9P3+. The number of rotatable bonds is 8. The summed E-state index contributed by atoms with van der Waals surface area (Å²) in [5.74, 6) is 13.5. The molecule has 0 aliphatic carbocycles. The van der Waals surface area contributed by atoms with Crippen molar-refractivity contribution < 1.29 is 40.7 Å². The van der Waals surface area contributed by atoms with Crippen molar-refractivity contribution in [2.45, 2.75) is 0 Å². The monoisotopic (exact) mass is 300 g/mol. The van der Waals surface area contributed by atoms with E-state index in [2.05, 4.69) is 44.7 Å². The van der Waals surface area contributed by atoms with Gasteiger partial charge in [0.2, 0.25) is 0 Å². The molecule has 0 bridgehead atoms. The van der Waals surface area contributed by atoms with Gasteiger partial charge in [0.25, 0.3) is 0 Å². The van der Waals surface area contributed by atoms with E-state index < -0.39 is 23.9 Å². The van der Waals surface area contributed by atoms with Gasteiger partial charge in [0, 0.05) is 16.0 Å². The Labute approximate surface area is 90.3 Å². The van der Waals surface area contributed by atoms with Crippen LogP contribution in [0.2, 0.25) is 0 Å². The molecule has 0 aromatic heterocycles. The highest BCUT2D eigenvalue weighted by Gasteiger charge is 2.47. The SMILES string of the molecule is COP(=O)(ON)OP(=O)(ON)O[P+](=O)ON. The Balaban J connectivity index is 4.79. The molecule has 0 aromatic carbocycles. The van der Waals surface area contributed by atoms with E-state index in [-0.39, 0.29) is 0 Å². The molecule has 6 N–H and O–H groups in total. The minimum Gasteiger partial charge on any atom is -0.289 e. The van der Waals surface area contributed by atoms with Crippen molar-refractivity contribution >= 4 is 23.9 Å². The van der Waals surface area contributed by atoms with Crippen LogP contribution < -0.4 is 17.7 Å². The summed E-state index contributed by atoms with van der Waals surface area (Å²) in [7, 11) is -11.4. The zero-order chi connectivity index (χ0) is 12.8. The van der Waals surface area contributed by atoms with E-state index >= 15 is 0 Å². The third-order valence-electron chi connectivity index (χ3n) is 0.935. The van der Waals surface area contributed by atoms with Gasteiger partial charge in [-0.3, -0.25) is 4.52 Å². The van der Waals surface area contributed by atoms with Gasteiger partial charge >= 0.3 is 23.9 Å². The molecule has 3 unspecified atom stereocenters. The van der Waals surface area contributed by atoms with Crippen LogP contribution in [0.5, 0.6) is 0 Å². The van der Waals surface area contributed by atoms with Crippen LogP contribution in [0.15, 0.2) is 0 Å². The zero-order valence-electron chi connectivity index (χ0n) is 7.75. The fraction of sp³-hybridized carbons (Fsp3) is 1.00. The predicted molar refractivity (Wildman–Crippen MR) is 47.8 cm³/mol. The van der Waals surface area contributed by atoms with Crippen molar-refractivity contribution in [2.24, 2.45) is 17.7 Å². The summed E-state index contributed by atoms with van der Waals surface area (Å²) in [5.41, 5.74) is 0. The second-order valence-electron chi connectivity index (χ2n) is 1.78. The Morgan fingerprint density at radius 3 is 1.88 bits per heavy atom. The van der Waals surface area contributed by atoms with E-state index in [1.165, 1.54) is 0 Å². The highest BCUT2D eigenvalue weighted by atomic mass is 31.3. The second-order valence-corrected chi connectivity index (χ2v) is 6.32. The Bertz CT molecular complexity index is 322. The lowest BCUT2D eigenvalue weighted by Crippen LogP contribution is -2.06. The maximum Gasteiger partial charge on any atom is 0.727 e. The summed E-state index contributed by atoms with van der Waals surface area (Å²) in [6, 6.07) is 0. The van der Waals surface area contributed by atoms with Gasteiger partial charge in [0.1, 0.15) is 0 Å². The Hall–Kier alpha value is 0.200. The molecule has 3 atom stereocenters. The third kappa shape index (κ3) is 5.02. The van der Waals surface area contributed by atoms with Crippen LogP contribution in [-0.4, -0.2) is 7.11 Å². The van der Waals surface area contributed by atoms with E-state index in [1.807, 2.05) is 0 Å². The Morgan fingerprint density at radius 2 is 1.56 bits per heavy atom. The van der Waals surface area contributed by atoms with Gasteiger partial charge in [0.15, 0.2) is 0 Å². The summed E-state index contributed by atoms with van der Waals surface area (Å²) in [4.78, 5) is 0. The molecule has 0 saturated heterocycles. The summed E-state index contributed by atoms with van der Waals surface area (Å²) in [5, 5.41) is 0. The summed E-state index contributed by atoms with van der Waals surface area (Å²) in [6.07, 6.45) is 0.